The van der Waals surface area contributed by atoms with Crippen LogP contribution in [0.15, 0.2) is 54.6 Å². The van der Waals surface area contributed by atoms with Crippen LogP contribution in [0.3, 0.4) is 0 Å². The molecule has 1 heterocycles. The first-order valence-electron chi connectivity index (χ1n) is 9.05. The second-order valence-electron chi connectivity index (χ2n) is 6.90. The van der Waals surface area contributed by atoms with Crippen molar-refractivity contribution in [3.8, 4) is 11.5 Å². The third-order valence-electron chi connectivity index (χ3n) is 4.97. The number of benzene rings is 2. The molecule has 0 aromatic heterocycles. The standard InChI is InChI=1S/C21H24F3NO2.BrH/c1-26-18-7-9-19(10-8-18)27-14-17-13-25(15-21(22,23)24)12-11-20(17)16-5-3-2-4-6-16;/h2-10,17,20H,11-15H2,1H3;1H/t17-,20+;/m1./s1. The minimum Gasteiger partial charge on any atom is -0.497 e. The molecule has 0 unspecified atom stereocenters. The van der Waals surface area contributed by atoms with Gasteiger partial charge in [-0.1, -0.05) is 30.3 Å². The van der Waals surface area contributed by atoms with E-state index in [0.717, 1.165) is 11.3 Å². The van der Waals surface area contributed by atoms with Gasteiger partial charge in [0.1, 0.15) is 11.5 Å². The van der Waals surface area contributed by atoms with Crippen LogP contribution in [-0.4, -0.2) is 44.4 Å². The third kappa shape index (κ3) is 6.41. The Morgan fingerprint density at radius 2 is 1.64 bits per heavy atom. The number of alkyl halides is 3. The summed E-state index contributed by atoms with van der Waals surface area (Å²) in [5, 5.41) is 0. The van der Waals surface area contributed by atoms with Gasteiger partial charge in [0, 0.05) is 12.5 Å². The van der Waals surface area contributed by atoms with E-state index in [1.54, 1.807) is 19.2 Å². The smallest absolute Gasteiger partial charge is 0.401 e. The molecule has 0 aliphatic carbocycles. The van der Waals surface area contributed by atoms with Gasteiger partial charge < -0.3 is 9.47 Å². The van der Waals surface area contributed by atoms with Crippen LogP contribution in [0.2, 0.25) is 0 Å². The first-order chi connectivity index (χ1) is 12.9. The van der Waals surface area contributed by atoms with Crippen LogP contribution in [0.1, 0.15) is 17.9 Å². The van der Waals surface area contributed by atoms with Crippen LogP contribution in [0.5, 0.6) is 11.5 Å². The lowest BCUT2D eigenvalue weighted by atomic mass is 9.81. The topological polar surface area (TPSA) is 21.7 Å². The van der Waals surface area contributed by atoms with E-state index >= 15 is 0 Å². The van der Waals surface area contributed by atoms with Gasteiger partial charge in [0.15, 0.2) is 0 Å². The largest absolute Gasteiger partial charge is 0.497 e. The molecule has 154 valence electrons. The van der Waals surface area contributed by atoms with Gasteiger partial charge in [-0.15, -0.1) is 17.0 Å². The lowest BCUT2D eigenvalue weighted by molar-refractivity contribution is -0.150. The molecule has 0 radical (unpaired) electrons. The van der Waals surface area contributed by atoms with Crippen molar-refractivity contribution in [2.45, 2.75) is 18.5 Å². The number of likely N-dealkylation sites (tertiary alicyclic amines) is 1. The molecule has 1 fully saturated rings. The third-order valence-corrected chi connectivity index (χ3v) is 4.97. The van der Waals surface area contributed by atoms with E-state index in [1.165, 1.54) is 4.90 Å². The van der Waals surface area contributed by atoms with Crippen LogP contribution in [0, 0.1) is 5.92 Å². The van der Waals surface area contributed by atoms with E-state index in [0.29, 0.717) is 31.9 Å². The maximum absolute atomic E-state index is 12.8. The molecular weight excluding hydrogens is 435 g/mol. The van der Waals surface area contributed by atoms with Crippen molar-refractivity contribution < 1.29 is 22.6 Å². The van der Waals surface area contributed by atoms with Gasteiger partial charge in [0.05, 0.1) is 20.3 Å². The Bertz CT molecular complexity index is 710. The molecule has 2 aromatic rings. The Labute approximate surface area is 174 Å². The van der Waals surface area contributed by atoms with E-state index in [1.807, 2.05) is 42.5 Å². The lowest BCUT2D eigenvalue weighted by Gasteiger charge is -2.39. The van der Waals surface area contributed by atoms with Gasteiger partial charge in [-0.3, -0.25) is 4.90 Å². The summed E-state index contributed by atoms with van der Waals surface area (Å²) in [7, 11) is 1.59. The molecule has 28 heavy (non-hydrogen) atoms. The van der Waals surface area contributed by atoms with Crippen molar-refractivity contribution >= 4 is 17.0 Å². The fourth-order valence-electron chi connectivity index (χ4n) is 3.69. The zero-order chi connectivity index (χ0) is 19.3. The quantitative estimate of drug-likeness (QED) is 0.583. The summed E-state index contributed by atoms with van der Waals surface area (Å²) >= 11 is 0. The SMILES string of the molecule is Br.COc1ccc(OC[C@H]2CN(CC(F)(F)F)CC[C@H]2c2ccccc2)cc1. The van der Waals surface area contributed by atoms with Gasteiger partial charge in [-0.25, -0.2) is 0 Å². The average Bonchev–Trinajstić information content (AvgIpc) is 2.66. The Hall–Kier alpha value is -1.73. The molecule has 3 rings (SSSR count). The number of piperidine rings is 1. The minimum atomic E-state index is -4.18. The van der Waals surface area contributed by atoms with Crippen molar-refractivity contribution in [3.63, 3.8) is 0 Å². The number of hydrogen-bond acceptors (Lipinski definition) is 3. The predicted molar refractivity (Wildman–Crippen MR) is 109 cm³/mol. The zero-order valence-electron chi connectivity index (χ0n) is 15.7. The highest BCUT2D eigenvalue weighted by atomic mass is 79.9. The molecular formula is C21H25BrF3NO2. The first-order valence-corrected chi connectivity index (χ1v) is 9.05. The highest BCUT2D eigenvalue weighted by Gasteiger charge is 2.36. The molecule has 3 nitrogen and oxygen atoms in total. The molecule has 0 amide bonds. The van der Waals surface area contributed by atoms with Crippen molar-refractivity contribution in [3.05, 3.63) is 60.2 Å². The van der Waals surface area contributed by atoms with E-state index in [2.05, 4.69) is 0 Å². The molecule has 0 saturated carbocycles. The summed E-state index contributed by atoms with van der Waals surface area (Å²) in [6, 6.07) is 17.2. The lowest BCUT2D eigenvalue weighted by Crippen LogP contribution is -2.45. The van der Waals surface area contributed by atoms with Crippen molar-refractivity contribution in [1.82, 2.24) is 4.90 Å². The Kier molecular flexibility index (Phi) is 8.19. The summed E-state index contributed by atoms with van der Waals surface area (Å²) in [6.07, 6.45) is -3.49. The van der Waals surface area contributed by atoms with Crippen LogP contribution in [0.4, 0.5) is 13.2 Å². The second kappa shape index (κ2) is 10.2. The molecule has 0 bridgehead atoms. The highest BCUT2D eigenvalue weighted by Crippen LogP contribution is 2.34. The summed E-state index contributed by atoms with van der Waals surface area (Å²) < 4.78 is 49.5. The number of halogens is 4. The minimum absolute atomic E-state index is 0. The number of ether oxygens (including phenoxy) is 2. The van der Waals surface area contributed by atoms with Crippen LogP contribution in [0.25, 0.3) is 0 Å². The van der Waals surface area contributed by atoms with E-state index in [9.17, 15) is 13.2 Å². The number of hydrogen-bond donors (Lipinski definition) is 0. The fourth-order valence-corrected chi connectivity index (χ4v) is 3.69. The molecule has 2 atom stereocenters. The van der Waals surface area contributed by atoms with E-state index in [-0.39, 0.29) is 28.8 Å². The van der Waals surface area contributed by atoms with Crippen molar-refractivity contribution in [1.29, 1.82) is 0 Å². The summed E-state index contributed by atoms with van der Waals surface area (Å²) in [6.45, 7) is 0.321. The first kappa shape index (κ1) is 22.6. The summed E-state index contributed by atoms with van der Waals surface area (Å²) in [5.41, 5.74) is 1.16. The van der Waals surface area contributed by atoms with E-state index in [4.69, 9.17) is 9.47 Å². The Morgan fingerprint density at radius 3 is 2.25 bits per heavy atom. The molecule has 7 heteroatoms. The maximum atomic E-state index is 12.8. The van der Waals surface area contributed by atoms with E-state index < -0.39 is 12.7 Å². The van der Waals surface area contributed by atoms with Crippen molar-refractivity contribution in [2.24, 2.45) is 5.92 Å². The summed E-state index contributed by atoms with van der Waals surface area (Å²) in [4.78, 5) is 1.49. The molecule has 0 spiro atoms. The van der Waals surface area contributed by atoms with Crippen molar-refractivity contribution in [2.75, 3.05) is 33.4 Å². The fraction of sp³-hybridized carbons (Fsp3) is 0.429. The molecule has 1 aliphatic heterocycles. The second-order valence-corrected chi connectivity index (χ2v) is 6.90. The van der Waals surface area contributed by atoms with Crippen LogP contribution >= 0.6 is 17.0 Å². The number of methoxy groups -OCH3 is 1. The normalized spacial score (nSPS) is 20.3. The van der Waals surface area contributed by atoms with Crippen LogP contribution < -0.4 is 9.47 Å². The zero-order valence-corrected chi connectivity index (χ0v) is 17.4. The highest BCUT2D eigenvalue weighted by molar-refractivity contribution is 8.93. The molecule has 1 aliphatic rings. The summed E-state index contributed by atoms with van der Waals surface area (Å²) in [5.74, 6) is 1.61. The van der Waals surface area contributed by atoms with Gasteiger partial charge in [-0.05, 0) is 48.7 Å². The van der Waals surface area contributed by atoms with Crippen LogP contribution in [-0.2, 0) is 0 Å². The van der Waals surface area contributed by atoms with Gasteiger partial charge in [0.2, 0.25) is 0 Å². The number of nitrogens with zero attached hydrogens (tertiary/aromatic N) is 1. The number of rotatable bonds is 6. The van der Waals surface area contributed by atoms with Gasteiger partial charge in [-0.2, -0.15) is 13.2 Å². The van der Waals surface area contributed by atoms with Gasteiger partial charge >= 0.3 is 6.18 Å². The maximum Gasteiger partial charge on any atom is 0.401 e. The molecule has 0 N–H and O–H groups in total. The Balaban J connectivity index is 0.00000280. The monoisotopic (exact) mass is 459 g/mol. The average molecular weight is 460 g/mol. The Morgan fingerprint density at radius 1 is 1.00 bits per heavy atom. The molecule has 1 saturated heterocycles. The van der Waals surface area contributed by atoms with Gasteiger partial charge in [0.25, 0.3) is 0 Å². The molecule has 2 aromatic carbocycles. The predicted octanol–water partition coefficient (Wildman–Crippen LogP) is 5.32.